The van der Waals surface area contributed by atoms with E-state index in [1.807, 2.05) is 6.07 Å². The van der Waals surface area contributed by atoms with Crippen molar-refractivity contribution in [3.8, 4) is 5.75 Å². The van der Waals surface area contributed by atoms with E-state index in [-0.39, 0.29) is 0 Å². The highest BCUT2D eigenvalue weighted by molar-refractivity contribution is 7.09. The van der Waals surface area contributed by atoms with E-state index in [1.54, 1.807) is 7.11 Å². The molecule has 3 rings (SSSR count). The second kappa shape index (κ2) is 5.17. The van der Waals surface area contributed by atoms with Crippen molar-refractivity contribution in [1.82, 2.24) is 9.36 Å². The molecular weight excluding hydrogens is 258 g/mol. The summed E-state index contributed by atoms with van der Waals surface area (Å²) in [7, 11) is 1.73. The van der Waals surface area contributed by atoms with Gasteiger partial charge >= 0.3 is 0 Å². The Morgan fingerprint density at radius 1 is 1.47 bits per heavy atom. The summed E-state index contributed by atoms with van der Waals surface area (Å²) < 4.78 is 9.73. The van der Waals surface area contributed by atoms with E-state index in [4.69, 9.17) is 4.74 Å². The van der Waals surface area contributed by atoms with Crippen LogP contribution in [0.2, 0.25) is 0 Å². The number of aromatic nitrogens is 2. The second-order valence-corrected chi connectivity index (χ2v) is 5.38. The summed E-state index contributed by atoms with van der Waals surface area (Å²) in [5.41, 5.74) is 2.65. The summed E-state index contributed by atoms with van der Waals surface area (Å²) >= 11 is 1.44. The number of rotatable bonds is 4. The molecule has 1 aromatic carbocycles. The number of nitrogens with one attached hydrogen (secondary N) is 1. The number of fused-ring (bicyclic) bond motifs is 1. The van der Waals surface area contributed by atoms with Gasteiger partial charge in [-0.1, -0.05) is 19.1 Å². The number of ether oxygens (including phenoxy) is 1. The Balaban J connectivity index is 1.82. The van der Waals surface area contributed by atoms with Gasteiger partial charge in [0.2, 0.25) is 5.13 Å². The van der Waals surface area contributed by atoms with Gasteiger partial charge in [-0.2, -0.15) is 4.37 Å². The van der Waals surface area contributed by atoms with Crippen molar-refractivity contribution < 1.29 is 4.74 Å². The van der Waals surface area contributed by atoms with E-state index in [0.29, 0.717) is 6.04 Å². The Bertz CT molecular complexity index is 582. The van der Waals surface area contributed by atoms with Gasteiger partial charge in [0.1, 0.15) is 11.6 Å². The highest BCUT2D eigenvalue weighted by Gasteiger charge is 2.25. The fourth-order valence-electron chi connectivity index (χ4n) is 2.57. The first-order chi connectivity index (χ1) is 9.31. The van der Waals surface area contributed by atoms with Crippen molar-refractivity contribution in [2.75, 3.05) is 12.4 Å². The first-order valence-corrected chi connectivity index (χ1v) is 7.34. The van der Waals surface area contributed by atoms with Crippen LogP contribution in [0.4, 0.5) is 5.13 Å². The van der Waals surface area contributed by atoms with Crippen molar-refractivity contribution in [1.29, 1.82) is 0 Å². The Kier molecular flexibility index (Phi) is 3.38. The topological polar surface area (TPSA) is 47.0 Å². The molecule has 0 fully saturated rings. The lowest BCUT2D eigenvalue weighted by Crippen LogP contribution is -2.07. The zero-order valence-corrected chi connectivity index (χ0v) is 12.0. The fourth-order valence-corrected chi connectivity index (χ4v) is 3.27. The minimum absolute atomic E-state index is 0.322. The van der Waals surface area contributed by atoms with Crippen molar-refractivity contribution in [2.24, 2.45) is 0 Å². The molecule has 0 radical (unpaired) electrons. The van der Waals surface area contributed by atoms with Gasteiger partial charge < -0.3 is 10.1 Å². The van der Waals surface area contributed by atoms with Crippen LogP contribution < -0.4 is 10.1 Å². The van der Waals surface area contributed by atoms with Crippen LogP contribution in [-0.2, 0) is 12.8 Å². The highest BCUT2D eigenvalue weighted by Crippen LogP contribution is 2.38. The van der Waals surface area contributed by atoms with Crippen LogP contribution in [-0.4, -0.2) is 16.5 Å². The number of anilines is 1. The maximum atomic E-state index is 5.42. The molecule has 0 spiro atoms. The number of hydrogen-bond donors (Lipinski definition) is 1. The molecule has 1 aromatic heterocycles. The van der Waals surface area contributed by atoms with Crippen molar-refractivity contribution in [3.05, 3.63) is 35.2 Å². The Morgan fingerprint density at radius 3 is 3.11 bits per heavy atom. The third-order valence-corrected chi connectivity index (χ3v) is 4.21. The molecule has 1 unspecified atom stereocenters. The largest absolute Gasteiger partial charge is 0.496 e. The minimum atomic E-state index is 0.322. The molecule has 0 saturated carbocycles. The number of aryl methyl sites for hydroxylation is 1. The maximum Gasteiger partial charge on any atom is 0.203 e. The van der Waals surface area contributed by atoms with E-state index in [0.717, 1.165) is 36.0 Å². The van der Waals surface area contributed by atoms with Gasteiger partial charge in [-0.3, -0.25) is 0 Å². The smallest absolute Gasteiger partial charge is 0.203 e. The second-order valence-electron chi connectivity index (χ2n) is 4.63. The average Bonchev–Trinajstić information content (AvgIpc) is 3.06. The SMILES string of the molecule is CCc1nsc(NC2CCc3c(OC)cccc32)n1. The first kappa shape index (κ1) is 12.4. The predicted molar refractivity (Wildman–Crippen MR) is 77.0 cm³/mol. The summed E-state index contributed by atoms with van der Waals surface area (Å²) in [6.07, 6.45) is 3.01. The van der Waals surface area contributed by atoms with Gasteiger partial charge in [-0.15, -0.1) is 0 Å². The molecule has 0 aliphatic heterocycles. The monoisotopic (exact) mass is 275 g/mol. The van der Waals surface area contributed by atoms with Crippen LogP contribution in [0.15, 0.2) is 18.2 Å². The molecule has 1 heterocycles. The van der Waals surface area contributed by atoms with Gasteiger partial charge in [-0.25, -0.2) is 4.98 Å². The number of benzene rings is 1. The summed E-state index contributed by atoms with van der Waals surface area (Å²) in [6, 6.07) is 6.57. The molecule has 2 aromatic rings. The van der Waals surface area contributed by atoms with Crippen LogP contribution in [0.1, 0.15) is 36.3 Å². The third kappa shape index (κ3) is 2.30. The average molecular weight is 275 g/mol. The molecule has 4 nitrogen and oxygen atoms in total. The van der Waals surface area contributed by atoms with Gasteiger partial charge in [0.15, 0.2) is 0 Å². The zero-order valence-electron chi connectivity index (χ0n) is 11.1. The van der Waals surface area contributed by atoms with Crippen LogP contribution in [0, 0.1) is 0 Å². The lowest BCUT2D eigenvalue weighted by atomic mass is 10.1. The molecule has 0 bridgehead atoms. The Morgan fingerprint density at radius 2 is 2.37 bits per heavy atom. The van der Waals surface area contributed by atoms with E-state index >= 15 is 0 Å². The Labute approximate surface area is 117 Å². The van der Waals surface area contributed by atoms with E-state index in [2.05, 4.69) is 33.7 Å². The van der Waals surface area contributed by atoms with E-state index in [9.17, 15) is 0 Å². The number of methoxy groups -OCH3 is 1. The van der Waals surface area contributed by atoms with Crippen LogP contribution >= 0.6 is 11.5 Å². The van der Waals surface area contributed by atoms with Crippen LogP contribution in [0.5, 0.6) is 5.75 Å². The fraction of sp³-hybridized carbons (Fsp3) is 0.429. The molecule has 5 heteroatoms. The maximum absolute atomic E-state index is 5.42. The number of nitrogens with zero attached hydrogens (tertiary/aromatic N) is 2. The normalized spacial score (nSPS) is 17.3. The predicted octanol–water partition coefficient (Wildman–Crippen LogP) is 3.21. The molecule has 1 atom stereocenters. The van der Waals surface area contributed by atoms with Crippen molar-refractivity contribution in [2.45, 2.75) is 32.2 Å². The molecule has 0 saturated heterocycles. The minimum Gasteiger partial charge on any atom is -0.496 e. The molecule has 0 amide bonds. The first-order valence-electron chi connectivity index (χ1n) is 6.56. The van der Waals surface area contributed by atoms with Gasteiger partial charge in [0, 0.05) is 18.0 Å². The molecular formula is C14H17N3OS. The van der Waals surface area contributed by atoms with E-state index in [1.165, 1.54) is 22.7 Å². The van der Waals surface area contributed by atoms with Crippen LogP contribution in [0.25, 0.3) is 0 Å². The summed E-state index contributed by atoms with van der Waals surface area (Å²) in [5.74, 6) is 1.91. The quantitative estimate of drug-likeness (QED) is 0.930. The summed E-state index contributed by atoms with van der Waals surface area (Å²) in [5, 5.41) is 4.41. The molecule has 100 valence electrons. The molecule has 1 N–H and O–H groups in total. The molecule has 1 aliphatic carbocycles. The lowest BCUT2D eigenvalue weighted by molar-refractivity contribution is 0.410. The van der Waals surface area contributed by atoms with Crippen molar-refractivity contribution >= 4 is 16.7 Å². The van der Waals surface area contributed by atoms with Gasteiger partial charge in [0.25, 0.3) is 0 Å². The number of hydrogen-bond acceptors (Lipinski definition) is 5. The van der Waals surface area contributed by atoms with Gasteiger partial charge in [0.05, 0.1) is 13.2 Å². The lowest BCUT2D eigenvalue weighted by Gasteiger charge is -2.13. The third-order valence-electron chi connectivity index (χ3n) is 3.53. The van der Waals surface area contributed by atoms with E-state index < -0.39 is 0 Å². The summed E-state index contributed by atoms with van der Waals surface area (Å²) in [6.45, 7) is 2.07. The van der Waals surface area contributed by atoms with Gasteiger partial charge in [-0.05, 0) is 30.0 Å². The molecule has 19 heavy (non-hydrogen) atoms. The van der Waals surface area contributed by atoms with Crippen molar-refractivity contribution in [3.63, 3.8) is 0 Å². The van der Waals surface area contributed by atoms with Crippen LogP contribution in [0.3, 0.4) is 0 Å². The standard InChI is InChI=1S/C14H17N3OS/c1-3-13-16-14(19-17-13)15-11-8-7-10-9(11)5-4-6-12(10)18-2/h4-6,11H,3,7-8H2,1-2H3,(H,15,16,17). The molecule has 1 aliphatic rings. The zero-order chi connectivity index (χ0) is 13.2. The highest BCUT2D eigenvalue weighted by atomic mass is 32.1. The summed E-state index contributed by atoms with van der Waals surface area (Å²) in [4.78, 5) is 4.47. The Hall–Kier alpha value is -1.62.